The molecular formula is C11H16O2S. The van der Waals surface area contributed by atoms with E-state index in [1.807, 2.05) is 25.1 Å². The maximum absolute atomic E-state index is 9.65. The Morgan fingerprint density at radius 2 is 2.00 bits per heavy atom. The second-order valence-electron chi connectivity index (χ2n) is 3.68. The first-order valence-electron chi connectivity index (χ1n) is 4.48. The van der Waals surface area contributed by atoms with Gasteiger partial charge in [0.2, 0.25) is 0 Å². The summed E-state index contributed by atoms with van der Waals surface area (Å²) < 4.78 is 5.11. The fraction of sp³-hybridized carbons (Fsp3) is 0.455. The SMILES string of the molecule is COc1ccc(SC(C)(C)O)c(C)c1. The number of rotatable bonds is 3. The fourth-order valence-electron chi connectivity index (χ4n) is 1.13. The normalized spacial score (nSPS) is 11.5. The fourth-order valence-corrected chi connectivity index (χ4v) is 2.03. The third kappa shape index (κ3) is 3.24. The highest BCUT2D eigenvalue weighted by Crippen LogP contribution is 2.33. The van der Waals surface area contributed by atoms with Gasteiger partial charge in [-0.15, -0.1) is 0 Å². The lowest BCUT2D eigenvalue weighted by atomic mass is 10.2. The number of hydrogen-bond acceptors (Lipinski definition) is 3. The highest BCUT2D eigenvalue weighted by molar-refractivity contribution is 8.00. The van der Waals surface area contributed by atoms with Crippen molar-refractivity contribution >= 4 is 11.8 Å². The van der Waals surface area contributed by atoms with Gasteiger partial charge in [-0.3, -0.25) is 0 Å². The molecule has 0 bridgehead atoms. The van der Waals surface area contributed by atoms with Gasteiger partial charge in [0.1, 0.15) is 10.7 Å². The van der Waals surface area contributed by atoms with Crippen LogP contribution in [0.2, 0.25) is 0 Å². The Hall–Kier alpha value is -0.670. The maximum atomic E-state index is 9.65. The van der Waals surface area contributed by atoms with Crippen molar-refractivity contribution in [2.45, 2.75) is 30.6 Å². The minimum Gasteiger partial charge on any atom is -0.497 e. The Bertz CT molecular complexity index is 316. The zero-order chi connectivity index (χ0) is 10.8. The van der Waals surface area contributed by atoms with Crippen LogP contribution in [0.3, 0.4) is 0 Å². The molecule has 0 aliphatic rings. The quantitative estimate of drug-likeness (QED) is 0.617. The number of benzene rings is 1. The highest BCUT2D eigenvalue weighted by atomic mass is 32.2. The van der Waals surface area contributed by atoms with Crippen LogP contribution in [0.5, 0.6) is 5.75 Å². The Labute approximate surface area is 89.3 Å². The van der Waals surface area contributed by atoms with Crippen LogP contribution in [-0.4, -0.2) is 17.1 Å². The van der Waals surface area contributed by atoms with Crippen LogP contribution in [0.4, 0.5) is 0 Å². The van der Waals surface area contributed by atoms with Crippen LogP contribution in [-0.2, 0) is 0 Å². The number of hydrogen-bond donors (Lipinski definition) is 1. The van der Waals surface area contributed by atoms with Crippen LogP contribution in [0.15, 0.2) is 23.1 Å². The zero-order valence-corrected chi connectivity index (χ0v) is 9.81. The number of aliphatic hydroxyl groups is 1. The summed E-state index contributed by atoms with van der Waals surface area (Å²) in [7, 11) is 1.65. The molecule has 0 aliphatic carbocycles. The number of aryl methyl sites for hydroxylation is 1. The van der Waals surface area contributed by atoms with Crippen LogP contribution in [0.25, 0.3) is 0 Å². The summed E-state index contributed by atoms with van der Waals surface area (Å²) in [4.78, 5) is 0.345. The second-order valence-corrected chi connectivity index (χ2v) is 5.32. The van der Waals surface area contributed by atoms with E-state index in [9.17, 15) is 5.11 Å². The molecule has 0 spiro atoms. The molecule has 0 aliphatic heterocycles. The largest absolute Gasteiger partial charge is 0.497 e. The average molecular weight is 212 g/mol. The topological polar surface area (TPSA) is 29.5 Å². The summed E-state index contributed by atoms with van der Waals surface area (Å²) in [6, 6.07) is 5.84. The van der Waals surface area contributed by atoms with E-state index in [-0.39, 0.29) is 0 Å². The maximum Gasteiger partial charge on any atom is 0.119 e. The first kappa shape index (κ1) is 11.4. The van der Waals surface area contributed by atoms with Crippen molar-refractivity contribution in [3.05, 3.63) is 23.8 Å². The van der Waals surface area contributed by atoms with Gasteiger partial charge in [0.05, 0.1) is 7.11 Å². The summed E-state index contributed by atoms with van der Waals surface area (Å²) >= 11 is 1.45. The molecule has 0 fully saturated rings. The molecule has 1 rings (SSSR count). The summed E-state index contributed by atoms with van der Waals surface area (Å²) in [5.74, 6) is 0.850. The molecule has 0 aromatic heterocycles. The van der Waals surface area contributed by atoms with Crippen molar-refractivity contribution < 1.29 is 9.84 Å². The summed E-state index contributed by atoms with van der Waals surface area (Å²) in [6.45, 7) is 5.57. The van der Waals surface area contributed by atoms with Crippen LogP contribution in [0.1, 0.15) is 19.4 Å². The van der Waals surface area contributed by atoms with Gasteiger partial charge in [-0.1, -0.05) is 11.8 Å². The number of thioether (sulfide) groups is 1. The molecule has 0 atom stereocenters. The van der Waals surface area contributed by atoms with Gasteiger partial charge < -0.3 is 9.84 Å². The Balaban J connectivity index is 2.89. The minimum absolute atomic E-state index is 0.737. The van der Waals surface area contributed by atoms with Gasteiger partial charge in [-0.25, -0.2) is 0 Å². The molecule has 3 heteroatoms. The van der Waals surface area contributed by atoms with E-state index in [4.69, 9.17) is 4.74 Å². The van der Waals surface area contributed by atoms with Crippen molar-refractivity contribution in [2.24, 2.45) is 0 Å². The van der Waals surface area contributed by atoms with Gasteiger partial charge >= 0.3 is 0 Å². The monoisotopic (exact) mass is 212 g/mol. The molecule has 1 aromatic rings. The van der Waals surface area contributed by atoms with E-state index in [0.717, 1.165) is 16.2 Å². The Morgan fingerprint density at radius 1 is 1.36 bits per heavy atom. The first-order chi connectivity index (χ1) is 6.42. The molecule has 0 heterocycles. The molecule has 0 saturated carbocycles. The zero-order valence-electron chi connectivity index (χ0n) is 9.00. The smallest absolute Gasteiger partial charge is 0.119 e. The van der Waals surface area contributed by atoms with Crippen molar-refractivity contribution in [1.29, 1.82) is 0 Å². The molecule has 78 valence electrons. The van der Waals surface area contributed by atoms with Crippen molar-refractivity contribution in [1.82, 2.24) is 0 Å². The predicted molar refractivity (Wildman–Crippen MR) is 59.9 cm³/mol. The van der Waals surface area contributed by atoms with Gasteiger partial charge in [-0.05, 0) is 44.5 Å². The summed E-state index contributed by atoms with van der Waals surface area (Å²) in [5, 5.41) is 9.65. The second kappa shape index (κ2) is 4.24. The van der Waals surface area contributed by atoms with Crippen LogP contribution in [0, 0.1) is 6.92 Å². The lowest BCUT2D eigenvalue weighted by molar-refractivity contribution is 0.179. The average Bonchev–Trinajstić information content (AvgIpc) is 2.06. The van der Waals surface area contributed by atoms with Gasteiger partial charge in [0.15, 0.2) is 0 Å². The van der Waals surface area contributed by atoms with Crippen LogP contribution >= 0.6 is 11.8 Å². The van der Waals surface area contributed by atoms with E-state index in [1.165, 1.54) is 11.8 Å². The van der Waals surface area contributed by atoms with Crippen molar-refractivity contribution in [3.8, 4) is 5.75 Å². The van der Waals surface area contributed by atoms with Gasteiger partial charge in [0, 0.05) is 4.90 Å². The molecular weight excluding hydrogens is 196 g/mol. The minimum atomic E-state index is -0.737. The summed E-state index contributed by atoms with van der Waals surface area (Å²) in [5.41, 5.74) is 1.12. The third-order valence-electron chi connectivity index (χ3n) is 1.74. The molecule has 1 aromatic carbocycles. The molecule has 0 radical (unpaired) electrons. The third-order valence-corrected chi connectivity index (χ3v) is 2.92. The Morgan fingerprint density at radius 3 is 2.43 bits per heavy atom. The van der Waals surface area contributed by atoms with Crippen molar-refractivity contribution in [2.75, 3.05) is 7.11 Å². The molecule has 2 nitrogen and oxygen atoms in total. The van der Waals surface area contributed by atoms with Gasteiger partial charge in [0.25, 0.3) is 0 Å². The number of methoxy groups -OCH3 is 1. The number of ether oxygens (including phenoxy) is 1. The lowest BCUT2D eigenvalue weighted by Gasteiger charge is -2.18. The summed E-state index contributed by atoms with van der Waals surface area (Å²) in [6.07, 6.45) is 0. The van der Waals surface area contributed by atoms with E-state index in [2.05, 4.69) is 0 Å². The Kier molecular flexibility index (Phi) is 3.45. The van der Waals surface area contributed by atoms with E-state index >= 15 is 0 Å². The molecule has 14 heavy (non-hydrogen) atoms. The predicted octanol–water partition coefficient (Wildman–Crippen LogP) is 2.82. The van der Waals surface area contributed by atoms with E-state index in [1.54, 1.807) is 21.0 Å². The molecule has 0 unspecified atom stereocenters. The highest BCUT2D eigenvalue weighted by Gasteiger charge is 2.15. The van der Waals surface area contributed by atoms with Gasteiger partial charge in [-0.2, -0.15) is 0 Å². The molecule has 0 saturated heterocycles. The van der Waals surface area contributed by atoms with Crippen molar-refractivity contribution in [3.63, 3.8) is 0 Å². The molecule has 0 amide bonds. The standard InChI is InChI=1S/C11H16O2S/c1-8-7-9(13-4)5-6-10(8)14-11(2,3)12/h5-7,12H,1-4H3. The van der Waals surface area contributed by atoms with E-state index < -0.39 is 4.93 Å². The lowest BCUT2D eigenvalue weighted by Crippen LogP contribution is -2.12. The molecule has 1 N–H and O–H groups in total. The van der Waals surface area contributed by atoms with Crippen LogP contribution < -0.4 is 4.74 Å². The van der Waals surface area contributed by atoms with E-state index in [0.29, 0.717) is 0 Å². The first-order valence-corrected chi connectivity index (χ1v) is 5.30.